The van der Waals surface area contributed by atoms with Crippen LogP contribution in [0.3, 0.4) is 0 Å². The van der Waals surface area contributed by atoms with Crippen LogP contribution in [0, 0.1) is 0 Å². The lowest BCUT2D eigenvalue weighted by atomic mass is 10.2. The number of benzene rings is 1. The minimum atomic E-state index is -1.03. The van der Waals surface area contributed by atoms with Gasteiger partial charge in [-0.2, -0.15) is 0 Å². The van der Waals surface area contributed by atoms with Gasteiger partial charge in [-0.05, 0) is 31.2 Å². The monoisotopic (exact) mass is 294 g/mol. The lowest BCUT2D eigenvalue weighted by Gasteiger charge is -2.17. The fourth-order valence-electron chi connectivity index (χ4n) is 1.51. The highest BCUT2D eigenvalue weighted by atomic mass is 16.5. The molecule has 0 fully saturated rings. The first-order valence-corrected chi connectivity index (χ1v) is 6.45. The van der Waals surface area contributed by atoms with E-state index >= 15 is 0 Å². The number of nitrogens with zero attached hydrogens (tertiary/aromatic N) is 1. The Balaban J connectivity index is 2.48. The summed E-state index contributed by atoms with van der Waals surface area (Å²) in [6.07, 6.45) is 0.121. The number of hydrogen-bond acceptors (Lipinski definition) is 4. The van der Waals surface area contributed by atoms with Gasteiger partial charge in [-0.25, -0.2) is 9.59 Å². The molecule has 0 aliphatic carbocycles. The Morgan fingerprint density at radius 2 is 1.86 bits per heavy atom. The molecule has 0 atom stereocenters. The van der Waals surface area contributed by atoms with Gasteiger partial charge in [0.05, 0.1) is 18.6 Å². The Morgan fingerprint density at radius 1 is 1.24 bits per heavy atom. The van der Waals surface area contributed by atoms with Crippen molar-refractivity contribution in [3.63, 3.8) is 0 Å². The number of carbonyl (C=O) groups is 3. The normalized spacial score (nSPS) is 9.81. The molecule has 0 unspecified atom stereocenters. The lowest BCUT2D eigenvalue weighted by molar-refractivity contribution is -0.143. The van der Waals surface area contributed by atoms with E-state index in [0.29, 0.717) is 12.3 Å². The number of nitrogens with one attached hydrogen (secondary N) is 1. The van der Waals surface area contributed by atoms with Gasteiger partial charge in [-0.3, -0.25) is 4.79 Å². The van der Waals surface area contributed by atoms with Crippen molar-refractivity contribution in [1.29, 1.82) is 0 Å². The molecule has 7 nitrogen and oxygen atoms in total. The number of aromatic carboxylic acids is 1. The number of anilines is 1. The summed E-state index contributed by atoms with van der Waals surface area (Å²) in [6, 6.07) is 5.41. The van der Waals surface area contributed by atoms with E-state index in [2.05, 4.69) is 5.32 Å². The molecule has 0 heterocycles. The Morgan fingerprint density at radius 3 is 2.38 bits per heavy atom. The lowest BCUT2D eigenvalue weighted by Crippen LogP contribution is -2.33. The summed E-state index contributed by atoms with van der Waals surface area (Å²) in [4.78, 5) is 35.1. The largest absolute Gasteiger partial charge is 0.478 e. The first-order chi connectivity index (χ1) is 9.93. The van der Waals surface area contributed by atoms with Gasteiger partial charge in [0.1, 0.15) is 0 Å². The fraction of sp³-hybridized carbons (Fsp3) is 0.357. The van der Waals surface area contributed by atoms with Crippen molar-refractivity contribution < 1.29 is 24.2 Å². The highest BCUT2D eigenvalue weighted by Gasteiger charge is 2.11. The van der Waals surface area contributed by atoms with E-state index in [0.717, 1.165) is 0 Å². The number of rotatable bonds is 6. The smallest absolute Gasteiger partial charge is 0.335 e. The van der Waals surface area contributed by atoms with E-state index in [1.807, 2.05) is 0 Å². The summed E-state index contributed by atoms with van der Waals surface area (Å²) in [5, 5.41) is 11.4. The van der Waals surface area contributed by atoms with Gasteiger partial charge in [-0.15, -0.1) is 0 Å². The predicted octanol–water partition coefficient (Wildman–Crippen LogP) is 1.80. The van der Waals surface area contributed by atoms with Crippen molar-refractivity contribution in [2.45, 2.75) is 13.3 Å². The van der Waals surface area contributed by atoms with E-state index in [9.17, 15) is 14.4 Å². The topological polar surface area (TPSA) is 95.9 Å². The molecule has 2 N–H and O–H groups in total. The number of carbonyl (C=O) groups excluding carboxylic acids is 2. The van der Waals surface area contributed by atoms with Crippen LogP contribution < -0.4 is 5.32 Å². The number of carboxylic acid groups (broad SMARTS) is 1. The van der Waals surface area contributed by atoms with E-state index in [-0.39, 0.29) is 30.5 Å². The van der Waals surface area contributed by atoms with Gasteiger partial charge < -0.3 is 20.1 Å². The van der Waals surface area contributed by atoms with Crippen molar-refractivity contribution in [1.82, 2.24) is 4.90 Å². The number of urea groups is 1. The van der Waals surface area contributed by atoms with Crippen molar-refractivity contribution in [2.24, 2.45) is 0 Å². The molecular formula is C14H18N2O5. The molecule has 1 rings (SSSR count). The number of carboxylic acids is 1. The van der Waals surface area contributed by atoms with E-state index in [1.54, 1.807) is 14.0 Å². The van der Waals surface area contributed by atoms with Crippen molar-refractivity contribution in [2.75, 3.05) is 25.5 Å². The summed E-state index contributed by atoms with van der Waals surface area (Å²) in [6.45, 7) is 2.26. The molecule has 0 saturated carbocycles. The van der Waals surface area contributed by atoms with Crippen LogP contribution in [0.4, 0.5) is 10.5 Å². The molecule has 7 heteroatoms. The second kappa shape index (κ2) is 7.88. The molecule has 0 bridgehead atoms. The zero-order valence-electron chi connectivity index (χ0n) is 12.0. The Hall–Kier alpha value is -2.57. The summed E-state index contributed by atoms with van der Waals surface area (Å²) in [7, 11) is 1.56. The summed E-state index contributed by atoms with van der Waals surface area (Å²) >= 11 is 0. The minimum absolute atomic E-state index is 0.121. The summed E-state index contributed by atoms with van der Waals surface area (Å²) < 4.78 is 4.77. The number of ether oxygens (including phenoxy) is 1. The third-order valence-corrected chi connectivity index (χ3v) is 2.69. The zero-order valence-corrected chi connectivity index (χ0v) is 12.0. The average Bonchev–Trinajstić information content (AvgIpc) is 2.45. The molecule has 0 spiro atoms. The van der Waals surface area contributed by atoms with Gasteiger partial charge >= 0.3 is 18.0 Å². The van der Waals surface area contributed by atoms with Gasteiger partial charge in [0.25, 0.3) is 0 Å². The minimum Gasteiger partial charge on any atom is -0.478 e. The van der Waals surface area contributed by atoms with Crippen LogP contribution in [0.1, 0.15) is 23.7 Å². The van der Waals surface area contributed by atoms with E-state index in [4.69, 9.17) is 9.84 Å². The van der Waals surface area contributed by atoms with E-state index in [1.165, 1.54) is 29.2 Å². The van der Waals surface area contributed by atoms with Gasteiger partial charge in [-0.1, -0.05) is 0 Å². The van der Waals surface area contributed by atoms with Crippen LogP contribution >= 0.6 is 0 Å². The summed E-state index contributed by atoms with van der Waals surface area (Å²) in [5.74, 6) is -1.39. The molecule has 0 aliphatic heterocycles. The van der Waals surface area contributed by atoms with Gasteiger partial charge in [0, 0.05) is 19.3 Å². The standard InChI is InChI=1S/C14H18N2O5/c1-3-21-12(17)8-9-16(2)14(20)15-11-6-4-10(5-7-11)13(18)19/h4-7H,3,8-9H2,1-2H3,(H,15,20)(H,18,19). The van der Waals surface area contributed by atoms with Crippen LogP contribution in [0.15, 0.2) is 24.3 Å². The maximum absolute atomic E-state index is 11.8. The maximum Gasteiger partial charge on any atom is 0.335 e. The molecule has 2 amide bonds. The number of hydrogen-bond donors (Lipinski definition) is 2. The van der Waals surface area contributed by atoms with Gasteiger partial charge in [0.2, 0.25) is 0 Å². The molecule has 0 aromatic heterocycles. The van der Waals surface area contributed by atoms with Crippen LogP contribution in [-0.2, 0) is 9.53 Å². The zero-order chi connectivity index (χ0) is 15.8. The number of amides is 2. The molecule has 114 valence electrons. The molecule has 21 heavy (non-hydrogen) atoms. The summed E-state index contributed by atoms with van der Waals surface area (Å²) in [5.41, 5.74) is 0.622. The quantitative estimate of drug-likeness (QED) is 0.780. The van der Waals surface area contributed by atoms with Crippen LogP contribution in [0.5, 0.6) is 0 Å². The average molecular weight is 294 g/mol. The molecule has 1 aromatic carbocycles. The Labute approximate surface area is 122 Å². The fourth-order valence-corrected chi connectivity index (χ4v) is 1.51. The SMILES string of the molecule is CCOC(=O)CCN(C)C(=O)Nc1ccc(C(=O)O)cc1. The molecule has 0 aliphatic rings. The molecule has 0 radical (unpaired) electrons. The Bertz CT molecular complexity index is 513. The van der Waals surface area contributed by atoms with Crippen molar-refractivity contribution >= 4 is 23.7 Å². The second-order valence-corrected chi connectivity index (χ2v) is 4.29. The van der Waals surface area contributed by atoms with Crippen molar-refractivity contribution in [3.8, 4) is 0 Å². The third kappa shape index (κ3) is 5.52. The first-order valence-electron chi connectivity index (χ1n) is 6.45. The molecule has 0 saturated heterocycles. The van der Waals surface area contributed by atoms with E-state index < -0.39 is 5.97 Å². The van der Waals surface area contributed by atoms with Crippen LogP contribution in [-0.4, -0.2) is 48.2 Å². The number of esters is 1. The van der Waals surface area contributed by atoms with Crippen molar-refractivity contribution in [3.05, 3.63) is 29.8 Å². The van der Waals surface area contributed by atoms with Crippen LogP contribution in [0.25, 0.3) is 0 Å². The van der Waals surface area contributed by atoms with Gasteiger partial charge in [0.15, 0.2) is 0 Å². The highest BCUT2D eigenvalue weighted by Crippen LogP contribution is 2.10. The first kappa shape index (κ1) is 16.5. The molecular weight excluding hydrogens is 276 g/mol. The Kier molecular flexibility index (Phi) is 6.19. The third-order valence-electron chi connectivity index (χ3n) is 2.69. The van der Waals surface area contributed by atoms with Crippen LogP contribution in [0.2, 0.25) is 0 Å². The second-order valence-electron chi connectivity index (χ2n) is 4.29. The molecule has 1 aromatic rings. The highest BCUT2D eigenvalue weighted by molar-refractivity contribution is 5.91. The predicted molar refractivity (Wildman–Crippen MR) is 76.3 cm³/mol. The maximum atomic E-state index is 11.8.